The molecule has 0 saturated heterocycles. The lowest BCUT2D eigenvalue weighted by Gasteiger charge is -2.22. The molecular weight excluding hydrogens is 398 g/mol. The molecule has 0 fully saturated rings. The first kappa shape index (κ1) is 26.4. The minimum Gasteiger partial charge on any atom is -0.459 e. The molecular formula is C23H37N3O5. The van der Waals surface area contributed by atoms with E-state index in [-0.39, 0.29) is 18.4 Å². The van der Waals surface area contributed by atoms with Crippen LogP contribution in [0.5, 0.6) is 0 Å². The number of unbranched alkanes of at least 4 members (excludes halogenated alkanes) is 1. The van der Waals surface area contributed by atoms with Crippen molar-refractivity contribution in [3.8, 4) is 0 Å². The van der Waals surface area contributed by atoms with Gasteiger partial charge in [-0.3, -0.25) is 4.79 Å². The van der Waals surface area contributed by atoms with Gasteiger partial charge in [-0.15, -0.1) is 0 Å². The number of nitrogens with two attached hydrogens (primary N) is 1. The van der Waals surface area contributed by atoms with E-state index >= 15 is 0 Å². The zero-order valence-corrected chi connectivity index (χ0v) is 19.3. The van der Waals surface area contributed by atoms with E-state index in [0.717, 1.165) is 5.56 Å². The standard InChI is InChI=1S/C23H37N3O5/c1-16(2)19(24)20(27)26-18(21(28)30-15-17-11-7-6-8-12-17)13-9-10-14-25-22(29)31-23(3,4)5/h6-8,11-12,16,18-19H,9-10,13-15,24H2,1-5H3,(H,25,29)(H,26,27). The molecule has 2 atom stereocenters. The van der Waals surface area contributed by atoms with Crippen molar-refractivity contribution < 1.29 is 23.9 Å². The average Bonchev–Trinajstić information content (AvgIpc) is 2.69. The van der Waals surface area contributed by atoms with Gasteiger partial charge in [0.05, 0.1) is 6.04 Å². The maximum absolute atomic E-state index is 12.6. The van der Waals surface area contributed by atoms with Crippen LogP contribution in [0.1, 0.15) is 59.4 Å². The Balaban J connectivity index is 2.56. The van der Waals surface area contributed by atoms with Gasteiger partial charge in [0.2, 0.25) is 5.91 Å². The first-order valence-electron chi connectivity index (χ1n) is 10.7. The minimum atomic E-state index is -0.803. The van der Waals surface area contributed by atoms with Crippen LogP contribution in [-0.2, 0) is 25.7 Å². The Labute approximate surface area is 185 Å². The van der Waals surface area contributed by atoms with Crippen LogP contribution in [0.2, 0.25) is 0 Å². The average molecular weight is 436 g/mol. The second-order valence-corrected chi connectivity index (χ2v) is 8.85. The number of alkyl carbamates (subject to hydrolysis) is 1. The van der Waals surface area contributed by atoms with E-state index in [4.69, 9.17) is 15.2 Å². The van der Waals surface area contributed by atoms with Crippen molar-refractivity contribution in [3.63, 3.8) is 0 Å². The predicted molar refractivity (Wildman–Crippen MR) is 119 cm³/mol. The molecule has 174 valence electrons. The lowest BCUT2D eigenvalue weighted by Crippen LogP contribution is -2.50. The summed E-state index contributed by atoms with van der Waals surface area (Å²) in [5.74, 6) is -0.948. The van der Waals surface area contributed by atoms with E-state index in [2.05, 4.69) is 10.6 Å². The quantitative estimate of drug-likeness (QED) is 0.363. The van der Waals surface area contributed by atoms with Crippen molar-refractivity contribution in [1.29, 1.82) is 0 Å². The summed E-state index contributed by atoms with van der Waals surface area (Å²) in [4.78, 5) is 36.7. The Morgan fingerprint density at radius 3 is 2.29 bits per heavy atom. The Kier molecular flexibility index (Phi) is 11.0. The Morgan fingerprint density at radius 2 is 1.71 bits per heavy atom. The van der Waals surface area contributed by atoms with Crippen LogP contribution in [0.4, 0.5) is 4.79 Å². The van der Waals surface area contributed by atoms with Gasteiger partial charge in [-0.25, -0.2) is 9.59 Å². The van der Waals surface area contributed by atoms with Crippen molar-refractivity contribution in [2.75, 3.05) is 6.54 Å². The van der Waals surface area contributed by atoms with E-state index in [9.17, 15) is 14.4 Å². The fourth-order valence-electron chi connectivity index (χ4n) is 2.63. The molecule has 2 unspecified atom stereocenters. The van der Waals surface area contributed by atoms with E-state index in [1.165, 1.54) is 0 Å². The lowest BCUT2D eigenvalue weighted by atomic mass is 10.0. The molecule has 8 nitrogen and oxygen atoms in total. The number of carbonyl (C=O) groups is 3. The smallest absolute Gasteiger partial charge is 0.407 e. The maximum Gasteiger partial charge on any atom is 0.407 e. The summed E-state index contributed by atoms with van der Waals surface area (Å²) < 4.78 is 10.6. The molecule has 1 rings (SSSR count). The molecule has 0 saturated carbocycles. The molecule has 0 aromatic heterocycles. The molecule has 2 amide bonds. The second kappa shape index (κ2) is 12.9. The first-order valence-corrected chi connectivity index (χ1v) is 10.7. The normalized spacial score (nSPS) is 13.3. The summed E-state index contributed by atoms with van der Waals surface area (Å²) in [6.07, 6.45) is 1.11. The van der Waals surface area contributed by atoms with Gasteiger partial charge in [0.25, 0.3) is 0 Å². The van der Waals surface area contributed by atoms with E-state index in [1.807, 2.05) is 44.2 Å². The van der Waals surface area contributed by atoms with Gasteiger partial charge in [0.15, 0.2) is 0 Å². The van der Waals surface area contributed by atoms with Crippen molar-refractivity contribution >= 4 is 18.0 Å². The highest BCUT2D eigenvalue weighted by Crippen LogP contribution is 2.09. The molecule has 0 aliphatic heterocycles. The van der Waals surface area contributed by atoms with Crippen LogP contribution in [0.3, 0.4) is 0 Å². The molecule has 0 bridgehead atoms. The maximum atomic E-state index is 12.6. The highest BCUT2D eigenvalue weighted by atomic mass is 16.6. The number of ether oxygens (including phenoxy) is 2. The highest BCUT2D eigenvalue weighted by molar-refractivity contribution is 5.87. The fraction of sp³-hybridized carbons (Fsp3) is 0.609. The number of carbonyl (C=O) groups excluding carboxylic acids is 3. The van der Waals surface area contributed by atoms with Crippen LogP contribution in [-0.4, -0.2) is 42.2 Å². The number of nitrogens with one attached hydrogen (secondary N) is 2. The third-order valence-corrected chi connectivity index (χ3v) is 4.43. The van der Waals surface area contributed by atoms with Crippen LogP contribution in [0.15, 0.2) is 30.3 Å². The van der Waals surface area contributed by atoms with Crippen LogP contribution < -0.4 is 16.4 Å². The van der Waals surface area contributed by atoms with Crippen LogP contribution in [0, 0.1) is 5.92 Å². The molecule has 0 aliphatic rings. The lowest BCUT2D eigenvalue weighted by molar-refractivity contribution is -0.149. The molecule has 0 heterocycles. The Morgan fingerprint density at radius 1 is 1.06 bits per heavy atom. The van der Waals surface area contributed by atoms with Crippen molar-refractivity contribution in [1.82, 2.24) is 10.6 Å². The van der Waals surface area contributed by atoms with Crippen LogP contribution >= 0.6 is 0 Å². The van der Waals surface area contributed by atoms with Crippen LogP contribution in [0.25, 0.3) is 0 Å². The number of amides is 2. The Bertz CT molecular complexity index is 701. The molecule has 0 spiro atoms. The van der Waals surface area contributed by atoms with Gasteiger partial charge in [-0.2, -0.15) is 0 Å². The number of hydrogen-bond donors (Lipinski definition) is 3. The first-order chi connectivity index (χ1) is 14.5. The van der Waals surface area contributed by atoms with Gasteiger partial charge in [0.1, 0.15) is 18.2 Å². The minimum absolute atomic E-state index is 0.0565. The number of esters is 1. The van der Waals surface area contributed by atoms with Gasteiger partial charge in [0, 0.05) is 6.54 Å². The van der Waals surface area contributed by atoms with Crippen molar-refractivity contribution in [2.24, 2.45) is 11.7 Å². The summed E-state index contributed by atoms with van der Waals surface area (Å²) in [7, 11) is 0. The van der Waals surface area contributed by atoms with Gasteiger partial charge in [-0.05, 0) is 51.5 Å². The van der Waals surface area contributed by atoms with E-state index in [1.54, 1.807) is 20.8 Å². The van der Waals surface area contributed by atoms with Crippen molar-refractivity contribution in [2.45, 2.75) is 78.2 Å². The number of hydrogen-bond acceptors (Lipinski definition) is 6. The third kappa shape index (κ3) is 11.4. The predicted octanol–water partition coefficient (Wildman–Crippen LogP) is 2.89. The summed E-state index contributed by atoms with van der Waals surface area (Å²) in [5, 5.41) is 5.39. The molecule has 8 heteroatoms. The monoisotopic (exact) mass is 435 g/mol. The fourth-order valence-corrected chi connectivity index (χ4v) is 2.63. The summed E-state index contributed by atoms with van der Waals surface area (Å²) >= 11 is 0. The summed E-state index contributed by atoms with van der Waals surface area (Å²) in [6.45, 7) is 9.60. The Hall–Kier alpha value is -2.61. The van der Waals surface area contributed by atoms with Gasteiger partial charge >= 0.3 is 12.1 Å². The summed E-state index contributed by atoms with van der Waals surface area (Å²) in [5.41, 5.74) is 6.21. The molecule has 1 aromatic rings. The molecule has 31 heavy (non-hydrogen) atoms. The highest BCUT2D eigenvalue weighted by Gasteiger charge is 2.26. The van der Waals surface area contributed by atoms with Gasteiger partial charge < -0.3 is 25.8 Å². The largest absolute Gasteiger partial charge is 0.459 e. The number of benzene rings is 1. The van der Waals surface area contributed by atoms with E-state index < -0.39 is 29.7 Å². The second-order valence-electron chi connectivity index (χ2n) is 8.85. The topological polar surface area (TPSA) is 120 Å². The molecule has 1 aromatic carbocycles. The van der Waals surface area contributed by atoms with E-state index in [0.29, 0.717) is 25.8 Å². The zero-order valence-electron chi connectivity index (χ0n) is 19.3. The third-order valence-electron chi connectivity index (χ3n) is 4.43. The summed E-state index contributed by atoms with van der Waals surface area (Å²) in [6, 6.07) is 7.81. The SMILES string of the molecule is CC(C)C(N)C(=O)NC(CCCCNC(=O)OC(C)(C)C)C(=O)OCc1ccccc1. The molecule has 0 radical (unpaired) electrons. The molecule has 4 N–H and O–H groups in total. The molecule has 0 aliphatic carbocycles. The zero-order chi connectivity index (χ0) is 23.4. The van der Waals surface area contributed by atoms with Gasteiger partial charge in [-0.1, -0.05) is 44.2 Å². The van der Waals surface area contributed by atoms with Crippen molar-refractivity contribution in [3.05, 3.63) is 35.9 Å². The number of rotatable bonds is 11.